The van der Waals surface area contributed by atoms with E-state index in [0.29, 0.717) is 17.8 Å². The molecule has 0 spiro atoms. The molecule has 7 heteroatoms. The summed E-state index contributed by atoms with van der Waals surface area (Å²) in [5.41, 5.74) is 1.04. The first-order chi connectivity index (χ1) is 9.45. The monoisotopic (exact) mass is 287 g/mol. The standard InChI is InChI=1S/C13H19F2N3O2/c1-3-7-16-13-10(8-17(2)9-12(14)15)5-4-6-11(13)18(19)20/h4-6,12,16H,3,7-9H2,1-2H3. The molecule has 0 unspecified atom stereocenters. The Morgan fingerprint density at radius 2 is 2.15 bits per heavy atom. The maximum atomic E-state index is 12.3. The van der Waals surface area contributed by atoms with Gasteiger partial charge in [-0.25, -0.2) is 8.78 Å². The smallest absolute Gasteiger partial charge is 0.292 e. The molecule has 5 nitrogen and oxygen atoms in total. The highest BCUT2D eigenvalue weighted by atomic mass is 19.3. The third-order valence-corrected chi connectivity index (χ3v) is 2.77. The molecule has 0 aliphatic carbocycles. The van der Waals surface area contributed by atoms with Crippen molar-refractivity contribution >= 4 is 11.4 Å². The van der Waals surface area contributed by atoms with Crippen LogP contribution in [-0.2, 0) is 6.54 Å². The predicted octanol–water partition coefficient (Wildman–Crippen LogP) is 3.11. The van der Waals surface area contributed by atoms with Crippen LogP contribution < -0.4 is 5.32 Å². The highest BCUT2D eigenvalue weighted by Gasteiger charge is 2.18. The second kappa shape index (κ2) is 7.74. The summed E-state index contributed by atoms with van der Waals surface area (Å²) in [5, 5.41) is 14.0. The summed E-state index contributed by atoms with van der Waals surface area (Å²) < 4.78 is 24.7. The first kappa shape index (κ1) is 16.3. The van der Waals surface area contributed by atoms with Crippen LogP contribution in [0.15, 0.2) is 18.2 Å². The fourth-order valence-corrected chi connectivity index (χ4v) is 1.92. The van der Waals surface area contributed by atoms with Crippen LogP contribution in [0.5, 0.6) is 0 Å². The summed E-state index contributed by atoms with van der Waals surface area (Å²) in [5.74, 6) is 0. The Bertz CT molecular complexity index is 455. The van der Waals surface area contributed by atoms with Gasteiger partial charge >= 0.3 is 0 Å². The molecule has 0 amide bonds. The van der Waals surface area contributed by atoms with E-state index >= 15 is 0 Å². The van der Waals surface area contributed by atoms with Crippen LogP contribution in [0.2, 0.25) is 0 Å². The third-order valence-electron chi connectivity index (χ3n) is 2.77. The van der Waals surface area contributed by atoms with Gasteiger partial charge in [0.2, 0.25) is 0 Å². The molecule has 0 bridgehead atoms. The second-order valence-electron chi connectivity index (χ2n) is 4.58. The number of hydrogen-bond acceptors (Lipinski definition) is 4. The highest BCUT2D eigenvalue weighted by Crippen LogP contribution is 2.29. The van der Waals surface area contributed by atoms with Gasteiger partial charge in [0.15, 0.2) is 0 Å². The van der Waals surface area contributed by atoms with Gasteiger partial charge in [0, 0.05) is 19.2 Å². The Morgan fingerprint density at radius 3 is 2.70 bits per heavy atom. The van der Waals surface area contributed by atoms with E-state index in [1.165, 1.54) is 11.0 Å². The van der Waals surface area contributed by atoms with E-state index in [0.717, 1.165) is 6.42 Å². The zero-order chi connectivity index (χ0) is 15.1. The molecule has 0 atom stereocenters. The number of benzene rings is 1. The molecule has 20 heavy (non-hydrogen) atoms. The topological polar surface area (TPSA) is 58.4 Å². The third kappa shape index (κ3) is 4.73. The molecule has 1 rings (SSSR count). The van der Waals surface area contributed by atoms with E-state index < -0.39 is 11.3 Å². The van der Waals surface area contributed by atoms with Crippen molar-refractivity contribution in [3.05, 3.63) is 33.9 Å². The van der Waals surface area contributed by atoms with E-state index in [-0.39, 0.29) is 18.8 Å². The minimum Gasteiger partial charge on any atom is -0.379 e. The Hall–Kier alpha value is -1.76. The van der Waals surface area contributed by atoms with Gasteiger partial charge in [-0.05, 0) is 19.0 Å². The average Bonchev–Trinajstić information content (AvgIpc) is 2.35. The quantitative estimate of drug-likeness (QED) is 0.589. The fraction of sp³-hybridized carbons (Fsp3) is 0.538. The van der Waals surface area contributed by atoms with Crippen LogP contribution in [0.25, 0.3) is 0 Å². The maximum Gasteiger partial charge on any atom is 0.292 e. The molecule has 0 aliphatic rings. The number of nitrogens with one attached hydrogen (secondary N) is 1. The van der Waals surface area contributed by atoms with Crippen molar-refractivity contribution in [1.29, 1.82) is 0 Å². The first-order valence-corrected chi connectivity index (χ1v) is 6.42. The van der Waals surface area contributed by atoms with E-state index in [1.54, 1.807) is 19.2 Å². The van der Waals surface area contributed by atoms with Gasteiger partial charge in [0.25, 0.3) is 12.1 Å². The Labute approximate surface area is 116 Å². The van der Waals surface area contributed by atoms with Crippen molar-refractivity contribution in [1.82, 2.24) is 4.90 Å². The van der Waals surface area contributed by atoms with Crippen LogP contribution in [0, 0.1) is 10.1 Å². The molecule has 0 saturated carbocycles. The van der Waals surface area contributed by atoms with Crippen molar-refractivity contribution in [2.24, 2.45) is 0 Å². The largest absolute Gasteiger partial charge is 0.379 e. The van der Waals surface area contributed by atoms with E-state index in [2.05, 4.69) is 5.32 Å². The minimum atomic E-state index is -2.43. The lowest BCUT2D eigenvalue weighted by atomic mass is 10.1. The minimum absolute atomic E-state index is 0.0265. The number of para-hydroxylation sites is 1. The molecule has 0 aliphatic heterocycles. The number of rotatable bonds is 8. The zero-order valence-corrected chi connectivity index (χ0v) is 11.6. The first-order valence-electron chi connectivity index (χ1n) is 6.42. The Kier molecular flexibility index (Phi) is 6.30. The van der Waals surface area contributed by atoms with Gasteiger partial charge in [0.05, 0.1) is 11.5 Å². The van der Waals surface area contributed by atoms with Crippen molar-refractivity contribution in [3.63, 3.8) is 0 Å². The lowest BCUT2D eigenvalue weighted by Gasteiger charge is -2.18. The Balaban J connectivity index is 2.98. The average molecular weight is 287 g/mol. The molecular weight excluding hydrogens is 268 g/mol. The normalized spacial score (nSPS) is 11.1. The molecule has 0 aromatic heterocycles. The zero-order valence-electron chi connectivity index (χ0n) is 11.6. The summed E-state index contributed by atoms with van der Waals surface area (Å²) in [6.45, 7) is 2.41. The molecule has 0 saturated heterocycles. The highest BCUT2D eigenvalue weighted by molar-refractivity contribution is 5.66. The Morgan fingerprint density at radius 1 is 1.45 bits per heavy atom. The maximum absolute atomic E-state index is 12.3. The number of anilines is 1. The molecule has 0 heterocycles. The lowest BCUT2D eigenvalue weighted by Crippen LogP contribution is -2.24. The molecule has 1 N–H and O–H groups in total. The summed E-state index contributed by atoms with van der Waals surface area (Å²) in [4.78, 5) is 12.0. The van der Waals surface area contributed by atoms with Crippen LogP contribution in [-0.4, -0.2) is 36.4 Å². The summed E-state index contributed by atoms with van der Waals surface area (Å²) >= 11 is 0. The van der Waals surface area contributed by atoms with Crippen LogP contribution in [0.3, 0.4) is 0 Å². The number of nitrogens with zero attached hydrogens (tertiary/aromatic N) is 2. The van der Waals surface area contributed by atoms with Gasteiger partial charge in [-0.3, -0.25) is 15.0 Å². The van der Waals surface area contributed by atoms with E-state index in [4.69, 9.17) is 0 Å². The number of nitro groups is 1. The van der Waals surface area contributed by atoms with Crippen LogP contribution in [0.1, 0.15) is 18.9 Å². The fourth-order valence-electron chi connectivity index (χ4n) is 1.92. The predicted molar refractivity (Wildman–Crippen MR) is 74.2 cm³/mol. The van der Waals surface area contributed by atoms with Gasteiger partial charge in [-0.1, -0.05) is 19.1 Å². The van der Waals surface area contributed by atoms with Gasteiger partial charge in [-0.15, -0.1) is 0 Å². The number of alkyl halides is 2. The summed E-state index contributed by atoms with van der Waals surface area (Å²) in [6, 6.07) is 4.70. The van der Waals surface area contributed by atoms with Crippen molar-refractivity contribution in [3.8, 4) is 0 Å². The molecule has 1 aromatic carbocycles. The number of halogens is 2. The number of nitro benzene ring substituents is 1. The van der Waals surface area contributed by atoms with Crippen molar-refractivity contribution in [2.75, 3.05) is 25.5 Å². The molecule has 1 aromatic rings. The second-order valence-corrected chi connectivity index (χ2v) is 4.58. The van der Waals surface area contributed by atoms with E-state index in [1.807, 2.05) is 6.92 Å². The lowest BCUT2D eigenvalue weighted by molar-refractivity contribution is -0.384. The molecular formula is C13H19F2N3O2. The SMILES string of the molecule is CCCNc1c(CN(C)CC(F)F)cccc1[N+](=O)[O-]. The van der Waals surface area contributed by atoms with Crippen molar-refractivity contribution in [2.45, 2.75) is 26.3 Å². The molecule has 0 fully saturated rings. The van der Waals surface area contributed by atoms with Crippen molar-refractivity contribution < 1.29 is 13.7 Å². The number of hydrogen-bond donors (Lipinski definition) is 1. The molecule has 112 valence electrons. The van der Waals surface area contributed by atoms with Gasteiger partial charge in [0.1, 0.15) is 5.69 Å². The molecule has 0 radical (unpaired) electrons. The van der Waals surface area contributed by atoms with Crippen LogP contribution >= 0.6 is 0 Å². The summed E-state index contributed by atoms with van der Waals surface area (Å²) in [6.07, 6.45) is -1.61. The summed E-state index contributed by atoms with van der Waals surface area (Å²) in [7, 11) is 1.56. The van der Waals surface area contributed by atoms with Gasteiger partial charge < -0.3 is 5.32 Å². The van der Waals surface area contributed by atoms with Gasteiger partial charge in [-0.2, -0.15) is 0 Å². The van der Waals surface area contributed by atoms with Crippen LogP contribution in [0.4, 0.5) is 20.2 Å². The van der Waals surface area contributed by atoms with E-state index in [9.17, 15) is 18.9 Å².